The van der Waals surface area contributed by atoms with Crippen molar-refractivity contribution in [2.24, 2.45) is 0 Å². The summed E-state index contributed by atoms with van der Waals surface area (Å²) in [6.07, 6.45) is 2.36. The summed E-state index contributed by atoms with van der Waals surface area (Å²) in [6.45, 7) is 4.56. The monoisotopic (exact) mass is 636 g/mol. The fourth-order valence-corrected chi connectivity index (χ4v) is 6.09. The van der Waals surface area contributed by atoms with Crippen LogP contribution in [0.3, 0.4) is 0 Å². The summed E-state index contributed by atoms with van der Waals surface area (Å²) in [6, 6.07) is 31.7. The minimum absolute atomic E-state index is 0. The molecule has 2 unspecified atom stereocenters. The number of hydrogen-bond acceptors (Lipinski definition) is 0. The average molecular weight is 636 g/mol. The van der Waals surface area contributed by atoms with Crippen molar-refractivity contribution in [3.63, 3.8) is 0 Å². The molecule has 3 heteroatoms. The van der Waals surface area contributed by atoms with Gasteiger partial charge in [0, 0.05) is 37.7 Å². The van der Waals surface area contributed by atoms with Crippen LogP contribution < -0.4 is 24.8 Å². The Kier molecular flexibility index (Phi) is 8.10. The first-order chi connectivity index (χ1) is 14.7. The van der Waals surface area contributed by atoms with Crippen molar-refractivity contribution < 1.29 is 50.7 Å². The molecule has 0 heterocycles. The Labute approximate surface area is 228 Å². The summed E-state index contributed by atoms with van der Waals surface area (Å²) >= 11 is 0. The maximum atomic E-state index is 2.35. The van der Waals surface area contributed by atoms with Crippen LogP contribution in [0.15, 0.2) is 84.9 Å². The minimum atomic E-state index is 0. The zero-order valence-corrected chi connectivity index (χ0v) is 24.0. The minimum Gasteiger partial charge on any atom is -1.00 e. The summed E-state index contributed by atoms with van der Waals surface area (Å²) in [4.78, 5) is 0. The summed E-state index contributed by atoms with van der Waals surface area (Å²) in [5.74, 6) is 0.996. The Morgan fingerprint density at radius 2 is 0.848 bits per heavy atom. The second kappa shape index (κ2) is 10.3. The molecule has 2 atom stereocenters. The Hall–Kier alpha value is -1.67. The van der Waals surface area contributed by atoms with E-state index in [-0.39, 0.29) is 50.7 Å². The van der Waals surface area contributed by atoms with Gasteiger partial charge in [0.25, 0.3) is 0 Å². The van der Waals surface area contributed by atoms with Crippen LogP contribution in [-0.2, 0) is 25.8 Å². The van der Waals surface area contributed by atoms with Gasteiger partial charge in [-0.25, -0.2) is 0 Å². The molecule has 0 aliphatic heterocycles. The topological polar surface area (TPSA) is 0 Å². The van der Waals surface area contributed by atoms with Crippen molar-refractivity contribution in [1.82, 2.24) is 0 Å². The van der Waals surface area contributed by atoms with Crippen LogP contribution in [0, 0.1) is 13.8 Å². The van der Waals surface area contributed by atoms with E-state index < -0.39 is 0 Å². The molecule has 6 rings (SSSR count). The summed E-state index contributed by atoms with van der Waals surface area (Å²) in [5, 5.41) is 0. The summed E-state index contributed by atoms with van der Waals surface area (Å²) in [5.41, 5.74) is 14.7. The van der Waals surface area contributed by atoms with Crippen LogP contribution in [0.25, 0.3) is 22.3 Å². The normalized spacial score (nSPS) is 16.3. The van der Waals surface area contributed by atoms with Crippen molar-refractivity contribution in [2.45, 2.75) is 38.5 Å². The van der Waals surface area contributed by atoms with Gasteiger partial charge in [-0.3, -0.25) is 0 Å². The average Bonchev–Trinajstić information content (AvgIpc) is 3.27. The van der Waals surface area contributed by atoms with Crippen molar-refractivity contribution in [3.8, 4) is 22.3 Å². The number of benzene rings is 4. The standard InChI is InChI=1S/C30H26.2ClH.Hf/c1-19-9-7-15-25-21-11-3-5-13-23(21)27(29(19)25)17-18-28-24-14-6-4-12-22(24)26-16-8-10-20(2)30(26)28;;;/h3-16,27-28H,17-18H2,1-2H3;2*1H;/p-2. The predicted molar refractivity (Wildman–Crippen MR) is 126 cm³/mol. The van der Waals surface area contributed by atoms with Gasteiger partial charge >= 0.3 is 0 Å². The molecule has 166 valence electrons. The molecular formula is C30H26Cl2Hf-2. The molecule has 0 bridgehead atoms. The van der Waals surface area contributed by atoms with Gasteiger partial charge in [0.2, 0.25) is 0 Å². The molecule has 0 saturated heterocycles. The van der Waals surface area contributed by atoms with Gasteiger partial charge < -0.3 is 24.8 Å². The first kappa shape index (κ1) is 25.9. The molecular weight excluding hydrogens is 610 g/mol. The van der Waals surface area contributed by atoms with Crippen molar-refractivity contribution in [2.75, 3.05) is 0 Å². The second-order valence-electron chi connectivity index (χ2n) is 8.93. The van der Waals surface area contributed by atoms with Gasteiger partial charge in [0.05, 0.1) is 0 Å². The molecule has 0 radical (unpaired) electrons. The van der Waals surface area contributed by atoms with Crippen LogP contribution in [0.1, 0.15) is 58.1 Å². The molecule has 0 amide bonds. The van der Waals surface area contributed by atoms with Crippen LogP contribution in [0.2, 0.25) is 0 Å². The molecule has 4 aromatic rings. The second-order valence-corrected chi connectivity index (χ2v) is 8.93. The first-order valence-corrected chi connectivity index (χ1v) is 11.1. The molecule has 2 aliphatic carbocycles. The van der Waals surface area contributed by atoms with Crippen LogP contribution in [0.4, 0.5) is 0 Å². The molecule has 4 aromatic carbocycles. The van der Waals surface area contributed by atoms with Crippen molar-refractivity contribution in [3.05, 3.63) is 118 Å². The third kappa shape index (κ3) is 4.07. The smallest absolute Gasteiger partial charge is 0.0105 e. The van der Waals surface area contributed by atoms with Gasteiger partial charge in [0.15, 0.2) is 0 Å². The third-order valence-electron chi connectivity index (χ3n) is 7.34. The summed E-state index contributed by atoms with van der Waals surface area (Å²) < 4.78 is 0. The maximum Gasteiger partial charge on any atom is 0.0105 e. The van der Waals surface area contributed by atoms with E-state index in [2.05, 4.69) is 98.8 Å². The van der Waals surface area contributed by atoms with Gasteiger partial charge in [-0.15, -0.1) is 0 Å². The Morgan fingerprint density at radius 1 is 0.485 bits per heavy atom. The zero-order chi connectivity index (χ0) is 20.2. The number of hydrogen-bond donors (Lipinski definition) is 0. The van der Waals surface area contributed by atoms with Gasteiger partial charge in [-0.1, -0.05) is 84.9 Å². The first-order valence-electron chi connectivity index (χ1n) is 11.1. The summed E-state index contributed by atoms with van der Waals surface area (Å²) in [7, 11) is 0. The van der Waals surface area contributed by atoms with Crippen LogP contribution in [-0.4, -0.2) is 0 Å². The van der Waals surface area contributed by atoms with Crippen molar-refractivity contribution >= 4 is 0 Å². The van der Waals surface area contributed by atoms with Crippen LogP contribution in [0.5, 0.6) is 0 Å². The maximum absolute atomic E-state index is 2.35. The molecule has 2 aliphatic rings. The van der Waals surface area contributed by atoms with E-state index in [1.54, 1.807) is 11.1 Å². The van der Waals surface area contributed by atoms with E-state index in [1.165, 1.54) is 57.3 Å². The molecule has 0 saturated carbocycles. The van der Waals surface area contributed by atoms with E-state index in [9.17, 15) is 0 Å². The molecule has 33 heavy (non-hydrogen) atoms. The molecule has 0 nitrogen and oxygen atoms in total. The fraction of sp³-hybridized carbons (Fsp3) is 0.200. The van der Waals surface area contributed by atoms with Crippen LogP contribution >= 0.6 is 0 Å². The van der Waals surface area contributed by atoms with E-state index in [4.69, 9.17) is 0 Å². The molecule has 0 N–H and O–H groups in total. The van der Waals surface area contributed by atoms with E-state index in [0.717, 1.165) is 0 Å². The van der Waals surface area contributed by atoms with Gasteiger partial charge in [-0.05, 0) is 82.3 Å². The Morgan fingerprint density at radius 3 is 1.27 bits per heavy atom. The Bertz CT molecular complexity index is 1190. The quantitative estimate of drug-likeness (QED) is 0.303. The number of halogens is 2. The molecule has 0 spiro atoms. The molecule has 0 aromatic heterocycles. The fourth-order valence-electron chi connectivity index (χ4n) is 6.09. The van der Waals surface area contributed by atoms with Crippen molar-refractivity contribution in [1.29, 1.82) is 0 Å². The van der Waals surface area contributed by atoms with Gasteiger partial charge in [0.1, 0.15) is 0 Å². The van der Waals surface area contributed by atoms with Gasteiger partial charge in [-0.2, -0.15) is 0 Å². The largest absolute Gasteiger partial charge is 1.00 e. The molecule has 0 fully saturated rings. The van der Waals surface area contributed by atoms with E-state index >= 15 is 0 Å². The Balaban J connectivity index is 0.00000102. The zero-order valence-electron chi connectivity index (χ0n) is 18.9. The predicted octanol–water partition coefficient (Wildman–Crippen LogP) is 2.01. The number of rotatable bonds is 3. The SMILES string of the molecule is Cc1cccc2c1C(CCC1c3ccccc3-c3cccc(C)c31)c1ccccc1-2.[Cl-].[Cl-].[Hf]. The van der Waals surface area contributed by atoms with E-state index in [0.29, 0.717) is 11.8 Å². The van der Waals surface area contributed by atoms with E-state index in [1.807, 2.05) is 0 Å². The number of fused-ring (bicyclic) bond motifs is 6. The third-order valence-corrected chi connectivity index (χ3v) is 7.34. The number of aryl methyl sites for hydroxylation is 2.